The Balaban J connectivity index is 1.43. The number of carbonyl (C=O) groups is 1. The first-order valence-corrected chi connectivity index (χ1v) is 9.54. The lowest BCUT2D eigenvalue weighted by molar-refractivity contribution is 0.0930. The van der Waals surface area contributed by atoms with Crippen LogP contribution >= 0.6 is 12.2 Å². The van der Waals surface area contributed by atoms with E-state index in [1.165, 1.54) is 5.56 Å². The summed E-state index contributed by atoms with van der Waals surface area (Å²) in [7, 11) is 0. The summed E-state index contributed by atoms with van der Waals surface area (Å²) in [4.78, 5) is 18.2. The Morgan fingerprint density at radius 2 is 1.81 bits per heavy atom. The molecule has 3 aromatic rings. The smallest absolute Gasteiger partial charge is 0.270 e. The second kappa shape index (κ2) is 7.90. The van der Waals surface area contributed by atoms with Gasteiger partial charge in [-0.3, -0.25) is 14.3 Å². The van der Waals surface area contributed by atoms with Crippen LogP contribution in [0.2, 0.25) is 0 Å². The number of imidazole rings is 1. The maximum absolute atomic E-state index is 12.9. The maximum Gasteiger partial charge on any atom is 0.270 e. The lowest BCUT2D eigenvalue weighted by Gasteiger charge is -2.17. The van der Waals surface area contributed by atoms with Gasteiger partial charge in [-0.1, -0.05) is 48.5 Å². The van der Waals surface area contributed by atoms with Crippen molar-refractivity contribution in [2.24, 2.45) is 0 Å². The number of rotatable bonds is 5. The first-order valence-electron chi connectivity index (χ1n) is 9.14. The molecule has 1 unspecified atom stereocenters. The highest BCUT2D eigenvalue weighted by Gasteiger charge is 2.25. The molecule has 0 spiro atoms. The molecule has 4 rings (SSSR count). The zero-order valence-corrected chi connectivity index (χ0v) is 15.8. The van der Waals surface area contributed by atoms with Crippen molar-refractivity contribution in [3.8, 4) is 5.69 Å². The number of likely N-dealkylation sites (tertiary alicyclic amines) is 1. The Morgan fingerprint density at radius 1 is 1.11 bits per heavy atom. The van der Waals surface area contributed by atoms with Crippen LogP contribution in [0.4, 0.5) is 0 Å². The van der Waals surface area contributed by atoms with E-state index in [1.54, 1.807) is 10.8 Å². The Labute approximate surface area is 163 Å². The quantitative estimate of drug-likeness (QED) is 0.668. The average molecular weight is 379 g/mol. The van der Waals surface area contributed by atoms with Gasteiger partial charge in [-0.2, -0.15) is 0 Å². The molecule has 6 heteroatoms. The molecule has 0 radical (unpaired) electrons. The molecule has 1 atom stereocenters. The third-order valence-electron chi connectivity index (χ3n) is 4.88. The molecule has 1 fully saturated rings. The van der Waals surface area contributed by atoms with Crippen molar-refractivity contribution < 1.29 is 4.79 Å². The summed E-state index contributed by atoms with van der Waals surface area (Å²) >= 11 is 5.37. The van der Waals surface area contributed by atoms with Crippen molar-refractivity contribution in [1.82, 2.24) is 19.8 Å². The van der Waals surface area contributed by atoms with E-state index in [2.05, 4.69) is 39.5 Å². The maximum atomic E-state index is 12.9. The van der Waals surface area contributed by atoms with Gasteiger partial charge in [0.25, 0.3) is 5.91 Å². The molecule has 0 bridgehead atoms. The van der Waals surface area contributed by atoms with Crippen molar-refractivity contribution in [2.75, 3.05) is 13.1 Å². The van der Waals surface area contributed by atoms with E-state index in [4.69, 9.17) is 12.2 Å². The zero-order chi connectivity index (χ0) is 18.6. The third kappa shape index (κ3) is 4.02. The fraction of sp³-hybridized carbons (Fsp3) is 0.238. The molecule has 1 amide bonds. The summed E-state index contributed by atoms with van der Waals surface area (Å²) in [5.74, 6) is -0.0993. The van der Waals surface area contributed by atoms with Crippen LogP contribution in [0.1, 0.15) is 22.5 Å². The lowest BCUT2D eigenvalue weighted by atomic mass is 10.2. The van der Waals surface area contributed by atoms with Gasteiger partial charge in [0, 0.05) is 37.6 Å². The van der Waals surface area contributed by atoms with Crippen LogP contribution in [0, 0.1) is 4.77 Å². The fourth-order valence-corrected chi connectivity index (χ4v) is 3.83. The molecule has 1 aromatic heterocycles. The number of amides is 1. The second-order valence-electron chi connectivity index (χ2n) is 6.83. The van der Waals surface area contributed by atoms with Crippen LogP contribution < -0.4 is 5.32 Å². The SMILES string of the molecule is O=C(NC1CCN(Cc2ccccc2)C1)c1c[nH]c(=S)n1-c1ccccc1. The highest BCUT2D eigenvalue weighted by molar-refractivity contribution is 7.71. The Morgan fingerprint density at radius 3 is 2.56 bits per heavy atom. The number of hydrogen-bond donors (Lipinski definition) is 2. The number of nitrogens with one attached hydrogen (secondary N) is 2. The number of aromatic amines is 1. The van der Waals surface area contributed by atoms with E-state index in [-0.39, 0.29) is 11.9 Å². The number of benzene rings is 2. The largest absolute Gasteiger partial charge is 0.347 e. The number of aromatic nitrogens is 2. The minimum absolute atomic E-state index is 0.0993. The summed E-state index contributed by atoms with van der Waals surface area (Å²) in [6, 6.07) is 20.3. The van der Waals surface area contributed by atoms with Gasteiger partial charge in [-0.25, -0.2) is 0 Å². The van der Waals surface area contributed by atoms with E-state index in [0.717, 1.165) is 31.7 Å². The minimum atomic E-state index is -0.0993. The van der Waals surface area contributed by atoms with Gasteiger partial charge in [-0.05, 0) is 36.3 Å². The highest BCUT2D eigenvalue weighted by atomic mass is 32.1. The van der Waals surface area contributed by atoms with Gasteiger partial charge >= 0.3 is 0 Å². The summed E-state index contributed by atoms with van der Waals surface area (Å²) in [5, 5.41) is 3.17. The van der Waals surface area contributed by atoms with Crippen LogP contribution in [0.25, 0.3) is 5.69 Å². The monoisotopic (exact) mass is 378 g/mol. The van der Waals surface area contributed by atoms with E-state index in [1.807, 2.05) is 36.4 Å². The van der Waals surface area contributed by atoms with Crippen LogP contribution in [0.5, 0.6) is 0 Å². The van der Waals surface area contributed by atoms with Crippen molar-refractivity contribution in [2.45, 2.75) is 19.0 Å². The number of carbonyl (C=O) groups excluding carboxylic acids is 1. The van der Waals surface area contributed by atoms with Crippen LogP contribution in [0.15, 0.2) is 66.9 Å². The molecule has 1 aliphatic rings. The molecular weight excluding hydrogens is 356 g/mol. The molecule has 5 nitrogen and oxygen atoms in total. The minimum Gasteiger partial charge on any atom is -0.347 e. The first-order chi connectivity index (χ1) is 13.2. The molecule has 0 aliphatic carbocycles. The van der Waals surface area contributed by atoms with Crippen LogP contribution in [-0.2, 0) is 6.54 Å². The number of para-hydroxylation sites is 1. The van der Waals surface area contributed by atoms with E-state index in [0.29, 0.717) is 10.5 Å². The van der Waals surface area contributed by atoms with Crippen molar-refractivity contribution in [3.63, 3.8) is 0 Å². The van der Waals surface area contributed by atoms with Gasteiger partial charge in [0.15, 0.2) is 4.77 Å². The fourth-order valence-electron chi connectivity index (χ4n) is 3.56. The van der Waals surface area contributed by atoms with Gasteiger partial charge < -0.3 is 10.3 Å². The summed E-state index contributed by atoms with van der Waals surface area (Å²) in [6.45, 7) is 2.76. The first kappa shape index (κ1) is 17.7. The van der Waals surface area contributed by atoms with Gasteiger partial charge in [-0.15, -0.1) is 0 Å². The Kier molecular flexibility index (Phi) is 5.18. The van der Waals surface area contributed by atoms with E-state index in [9.17, 15) is 4.79 Å². The number of hydrogen-bond acceptors (Lipinski definition) is 3. The van der Waals surface area contributed by atoms with Crippen LogP contribution in [-0.4, -0.2) is 39.5 Å². The molecule has 2 N–H and O–H groups in total. The Hall–Kier alpha value is -2.70. The molecule has 1 saturated heterocycles. The molecule has 0 saturated carbocycles. The van der Waals surface area contributed by atoms with E-state index >= 15 is 0 Å². The van der Waals surface area contributed by atoms with Gasteiger partial charge in [0.05, 0.1) is 0 Å². The number of nitrogens with zero attached hydrogens (tertiary/aromatic N) is 2. The predicted octanol–water partition coefficient (Wildman–Crippen LogP) is 3.54. The number of H-pyrrole nitrogens is 1. The topological polar surface area (TPSA) is 53.1 Å². The molecule has 1 aliphatic heterocycles. The van der Waals surface area contributed by atoms with Gasteiger partial charge in [0.2, 0.25) is 0 Å². The molecule has 138 valence electrons. The molecule has 27 heavy (non-hydrogen) atoms. The van der Waals surface area contributed by atoms with Crippen LogP contribution in [0.3, 0.4) is 0 Å². The predicted molar refractivity (Wildman–Crippen MR) is 109 cm³/mol. The normalized spacial score (nSPS) is 17.1. The average Bonchev–Trinajstić information content (AvgIpc) is 3.29. The zero-order valence-electron chi connectivity index (χ0n) is 15.0. The molecule has 2 heterocycles. The third-order valence-corrected chi connectivity index (χ3v) is 5.18. The summed E-state index contributed by atoms with van der Waals surface area (Å²) < 4.78 is 2.30. The summed E-state index contributed by atoms with van der Waals surface area (Å²) in [6.07, 6.45) is 2.64. The van der Waals surface area contributed by atoms with Crippen molar-refractivity contribution in [1.29, 1.82) is 0 Å². The standard InChI is InChI=1S/C21H22N4OS/c26-20(19-13-22-21(27)25(19)18-9-5-2-6-10-18)23-17-11-12-24(15-17)14-16-7-3-1-4-8-16/h1-10,13,17H,11-12,14-15H2,(H,22,27)(H,23,26). The van der Waals surface area contributed by atoms with Crippen molar-refractivity contribution in [3.05, 3.63) is 82.9 Å². The highest BCUT2D eigenvalue weighted by Crippen LogP contribution is 2.16. The lowest BCUT2D eigenvalue weighted by Crippen LogP contribution is -2.37. The van der Waals surface area contributed by atoms with Gasteiger partial charge in [0.1, 0.15) is 5.69 Å². The molecular formula is C21H22N4OS. The molecule has 2 aromatic carbocycles. The second-order valence-corrected chi connectivity index (χ2v) is 7.22. The summed E-state index contributed by atoms with van der Waals surface area (Å²) in [5.41, 5.74) is 2.71. The van der Waals surface area contributed by atoms with Crippen molar-refractivity contribution >= 4 is 18.1 Å². The Bertz CT molecular complexity index is 965. The van der Waals surface area contributed by atoms with E-state index < -0.39 is 0 Å².